The minimum absolute atomic E-state index is 0.0618. The summed E-state index contributed by atoms with van der Waals surface area (Å²) in [6.45, 7) is 6.23. The SMILES string of the molecule is CN(CC(=O)NC(C)(C)C)S(=O)(=O)[C@@H]1CCCN(C(=O)C2CCCC2)C1. The highest BCUT2D eigenvalue weighted by atomic mass is 32.2. The number of rotatable bonds is 5. The van der Waals surface area contributed by atoms with Gasteiger partial charge < -0.3 is 10.2 Å². The molecule has 0 unspecified atom stereocenters. The minimum Gasteiger partial charge on any atom is -0.350 e. The third-order valence-corrected chi connectivity index (χ3v) is 7.36. The minimum atomic E-state index is -3.62. The monoisotopic (exact) mass is 387 g/mol. The number of carbonyl (C=O) groups excluding carboxylic acids is 2. The summed E-state index contributed by atoms with van der Waals surface area (Å²) in [5.41, 5.74) is -0.406. The van der Waals surface area contributed by atoms with Crippen LogP contribution in [0.3, 0.4) is 0 Å². The first-order valence-corrected chi connectivity index (χ1v) is 11.1. The topological polar surface area (TPSA) is 86.8 Å². The van der Waals surface area contributed by atoms with E-state index >= 15 is 0 Å². The van der Waals surface area contributed by atoms with Gasteiger partial charge in [0.15, 0.2) is 0 Å². The van der Waals surface area contributed by atoms with Gasteiger partial charge in [-0.25, -0.2) is 8.42 Å². The second kappa shape index (κ2) is 8.25. The highest BCUT2D eigenvalue weighted by molar-refractivity contribution is 7.89. The smallest absolute Gasteiger partial charge is 0.235 e. The molecule has 1 N–H and O–H groups in total. The average Bonchev–Trinajstić information content (AvgIpc) is 3.06. The Hall–Kier alpha value is -1.15. The maximum absolute atomic E-state index is 12.9. The van der Waals surface area contributed by atoms with Crippen LogP contribution < -0.4 is 5.32 Å². The second-order valence-corrected chi connectivity index (χ2v) is 10.9. The average molecular weight is 388 g/mol. The fraction of sp³-hybridized carbons (Fsp3) is 0.889. The van der Waals surface area contributed by atoms with Crippen LogP contribution in [0.4, 0.5) is 0 Å². The maximum Gasteiger partial charge on any atom is 0.235 e. The van der Waals surface area contributed by atoms with E-state index in [0.717, 1.165) is 30.0 Å². The Morgan fingerprint density at radius 2 is 1.73 bits per heavy atom. The molecule has 8 heteroatoms. The lowest BCUT2D eigenvalue weighted by Gasteiger charge is -2.35. The van der Waals surface area contributed by atoms with Gasteiger partial charge in [0.25, 0.3) is 0 Å². The van der Waals surface area contributed by atoms with E-state index in [-0.39, 0.29) is 30.8 Å². The lowest BCUT2D eigenvalue weighted by molar-refractivity contribution is -0.136. The molecular weight excluding hydrogens is 354 g/mol. The van der Waals surface area contributed by atoms with Crippen LogP contribution >= 0.6 is 0 Å². The van der Waals surface area contributed by atoms with Gasteiger partial charge in [-0.05, 0) is 46.5 Å². The molecule has 2 fully saturated rings. The Bertz CT molecular complexity index is 621. The third-order valence-electron chi connectivity index (χ3n) is 5.13. The van der Waals surface area contributed by atoms with Gasteiger partial charge in [0, 0.05) is 31.6 Å². The van der Waals surface area contributed by atoms with Crippen molar-refractivity contribution >= 4 is 21.8 Å². The molecule has 26 heavy (non-hydrogen) atoms. The molecule has 0 spiro atoms. The number of nitrogens with one attached hydrogen (secondary N) is 1. The second-order valence-electron chi connectivity index (χ2n) is 8.63. The van der Waals surface area contributed by atoms with Crippen molar-refractivity contribution in [2.24, 2.45) is 5.92 Å². The Morgan fingerprint density at radius 3 is 2.31 bits per heavy atom. The zero-order chi connectivity index (χ0) is 19.5. The number of likely N-dealkylation sites (tertiary alicyclic amines) is 1. The van der Waals surface area contributed by atoms with Gasteiger partial charge >= 0.3 is 0 Å². The predicted octanol–water partition coefficient (Wildman–Crippen LogP) is 1.34. The molecule has 0 radical (unpaired) electrons. The van der Waals surface area contributed by atoms with Gasteiger partial charge in [0.1, 0.15) is 0 Å². The van der Waals surface area contributed by atoms with E-state index in [1.807, 2.05) is 20.8 Å². The highest BCUT2D eigenvalue weighted by Gasteiger charge is 2.38. The van der Waals surface area contributed by atoms with Crippen LogP contribution in [0.1, 0.15) is 59.3 Å². The number of amides is 2. The largest absolute Gasteiger partial charge is 0.350 e. The Kier molecular flexibility index (Phi) is 6.71. The number of piperidine rings is 1. The number of nitrogens with zero attached hydrogens (tertiary/aromatic N) is 2. The Morgan fingerprint density at radius 1 is 1.12 bits per heavy atom. The van der Waals surface area contributed by atoms with Crippen molar-refractivity contribution in [1.82, 2.24) is 14.5 Å². The van der Waals surface area contributed by atoms with Gasteiger partial charge in [-0.1, -0.05) is 12.8 Å². The summed E-state index contributed by atoms with van der Waals surface area (Å²) in [5, 5.41) is 2.15. The van der Waals surface area contributed by atoms with Crippen molar-refractivity contribution in [1.29, 1.82) is 0 Å². The number of carbonyl (C=O) groups is 2. The summed E-state index contributed by atoms with van der Waals surface area (Å²) >= 11 is 0. The molecule has 1 aliphatic heterocycles. The van der Waals surface area contributed by atoms with Crippen molar-refractivity contribution < 1.29 is 18.0 Å². The zero-order valence-electron chi connectivity index (χ0n) is 16.5. The van der Waals surface area contributed by atoms with Crippen LogP contribution in [-0.4, -0.2) is 66.9 Å². The summed E-state index contributed by atoms with van der Waals surface area (Å²) in [4.78, 5) is 26.4. The van der Waals surface area contributed by atoms with Gasteiger partial charge in [-0.15, -0.1) is 0 Å². The predicted molar refractivity (Wildman–Crippen MR) is 101 cm³/mol. The molecule has 0 aromatic heterocycles. The lowest BCUT2D eigenvalue weighted by Crippen LogP contribution is -2.52. The first-order valence-electron chi connectivity index (χ1n) is 9.55. The molecule has 2 amide bonds. The van der Waals surface area contributed by atoms with Crippen molar-refractivity contribution in [3.63, 3.8) is 0 Å². The van der Waals surface area contributed by atoms with Crippen LogP contribution in [0.25, 0.3) is 0 Å². The molecule has 1 saturated heterocycles. The van der Waals surface area contributed by atoms with Gasteiger partial charge in [-0.3, -0.25) is 9.59 Å². The van der Waals surface area contributed by atoms with E-state index in [9.17, 15) is 18.0 Å². The Balaban J connectivity index is 1.98. The third kappa shape index (κ3) is 5.42. The van der Waals surface area contributed by atoms with Crippen LogP contribution in [0.15, 0.2) is 0 Å². The van der Waals surface area contributed by atoms with Crippen molar-refractivity contribution in [2.45, 2.75) is 70.1 Å². The summed E-state index contributed by atoms with van der Waals surface area (Å²) in [5.74, 6) is -0.152. The quantitative estimate of drug-likeness (QED) is 0.771. The zero-order valence-corrected chi connectivity index (χ0v) is 17.3. The van der Waals surface area contributed by atoms with Crippen LogP contribution in [0, 0.1) is 5.92 Å². The molecule has 0 bridgehead atoms. The molecule has 1 heterocycles. The number of hydrogen-bond donors (Lipinski definition) is 1. The van der Waals surface area contributed by atoms with Gasteiger partial charge in [0.05, 0.1) is 11.8 Å². The van der Waals surface area contributed by atoms with Gasteiger partial charge in [0.2, 0.25) is 21.8 Å². The first kappa shape index (κ1) is 21.2. The summed E-state index contributed by atoms with van der Waals surface area (Å²) in [6, 6.07) is 0. The van der Waals surface area contributed by atoms with E-state index in [1.54, 1.807) is 4.90 Å². The molecule has 1 atom stereocenters. The lowest BCUT2D eigenvalue weighted by atomic mass is 10.0. The molecule has 1 aliphatic carbocycles. The maximum atomic E-state index is 12.9. The fourth-order valence-corrected chi connectivity index (χ4v) is 5.46. The normalized spacial score (nSPS) is 22.7. The Labute approximate surface area is 157 Å². The van der Waals surface area contributed by atoms with Gasteiger partial charge in [-0.2, -0.15) is 4.31 Å². The van der Waals surface area contributed by atoms with Crippen molar-refractivity contribution in [2.75, 3.05) is 26.7 Å². The summed E-state index contributed by atoms with van der Waals surface area (Å²) in [7, 11) is -2.18. The van der Waals surface area contributed by atoms with Crippen LogP contribution in [0.2, 0.25) is 0 Å². The van der Waals surface area contributed by atoms with E-state index in [4.69, 9.17) is 0 Å². The molecule has 0 aromatic carbocycles. The molecule has 1 saturated carbocycles. The van der Waals surface area contributed by atoms with Crippen molar-refractivity contribution in [3.8, 4) is 0 Å². The summed E-state index contributed by atoms with van der Waals surface area (Å²) < 4.78 is 26.9. The molecule has 150 valence electrons. The standard InChI is InChI=1S/C18H33N3O4S/c1-18(2,3)19-16(22)13-20(4)26(24,25)15-10-7-11-21(12-15)17(23)14-8-5-6-9-14/h14-15H,5-13H2,1-4H3,(H,19,22)/t15-/m1/s1. The highest BCUT2D eigenvalue weighted by Crippen LogP contribution is 2.29. The van der Waals surface area contributed by atoms with E-state index in [2.05, 4.69) is 5.32 Å². The molecular formula is C18H33N3O4S. The molecule has 2 aliphatic rings. The molecule has 0 aromatic rings. The number of hydrogen-bond acceptors (Lipinski definition) is 4. The number of sulfonamides is 1. The molecule has 2 rings (SSSR count). The van der Waals surface area contributed by atoms with Crippen LogP contribution in [0.5, 0.6) is 0 Å². The van der Waals surface area contributed by atoms with E-state index in [0.29, 0.717) is 19.4 Å². The fourth-order valence-electron chi connectivity index (χ4n) is 3.82. The molecule has 7 nitrogen and oxygen atoms in total. The van der Waals surface area contributed by atoms with Crippen LogP contribution in [-0.2, 0) is 19.6 Å². The number of likely N-dealkylation sites (N-methyl/N-ethyl adjacent to an activating group) is 1. The van der Waals surface area contributed by atoms with E-state index < -0.39 is 20.8 Å². The van der Waals surface area contributed by atoms with E-state index in [1.165, 1.54) is 7.05 Å². The first-order chi connectivity index (χ1) is 12.0. The van der Waals surface area contributed by atoms with Crippen molar-refractivity contribution in [3.05, 3.63) is 0 Å². The summed E-state index contributed by atoms with van der Waals surface area (Å²) in [6.07, 6.45) is 5.21.